The minimum absolute atomic E-state index is 0.285. The van der Waals surface area contributed by atoms with E-state index in [1.165, 1.54) is 43.5 Å². The van der Waals surface area contributed by atoms with Crippen molar-refractivity contribution in [2.24, 2.45) is 5.41 Å². The van der Waals surface area contributed by atoms with Gasteiger partial charge in [0.05, 0.1) is 0 Å². The first-order valence-corrected chi connectivity index (χ1v) is 6.22. The third-order valence-corrected chi connectivity index (χ3v) is 3.06. The third-order valence-electron chi connectivity index (χ3n) is 3.06. The van der Waals surface area contributed by atoms with Crippen molar-refractivity contribution in [3.63, 3.8) is 0 Å². The van der Waals surface area contributed by atoms with Crippen LogP contribution in [0.3, 0.4) is 0 Å². The van der Waals surface area contributed by atoms with Crippen molar-refractivity contribution < 1.29 is 0 Å². The summed E-state index contributed by atoms with van der Waals surface area (Å²) in [5.41, 5.74) is 2.88. The van der Waals surface area contributed by atoms with Crippen molar-refractivity contribution in [2.75, 3.05) is 0 Å². The van der Waals surface area contributed by atoms with Crippen molar-refractivity contribution in [1.29, 1.82) is 0 Å². The van der Waals surface area contributed by atoms with E-state index in [-0.39, 0.29) is 5.41 Å². The molecule has 0 atom stereocenters. The third kappa shape index (κ3) is 4.11. The van der Waals surface area contributed by atoms with Crippen molar-refractivity contribution in [3.05, 3.63) is 23.5 Å². The molecule has 0 bridgehead atoms. The molecule has 1 heteroatoms. The normalized spacial score (nSPS) is 19.2. The van der Waals surface area contributed by atoms with Gasteiger partial charge in [-0.1, -0.05) is 51.7 Å². The van der Waals surface area contributed by atoms with Gasteiger partial charge in [-0.3, -0.25) is 0 Å². The number of unbranched alkanes of at least 4 members (excludes halogenated alkanes) is 3. The summed E-state index contributed by atoms with van der Waals surface area (Å²) < 4.78 is 0. The van der Waals surface area contributed by atoms with Gasteiger partial charge in [0.25, 0.3) is 0 Å². The predicted molar refractivity (Wildman–Crippen MR) is 67.5 cm³/mol. The van der Waals surface area contributed by atoms with Crippen LogP contribution < -0.4 is 5.32 Å². The molecule has 0 saturated carbocycles. The molecular weight excluding hydrogens is 182 g/mol. The van der Waals surface area contributed by atoms with Gasteiger partial charge in [-0.05, 0) is 20.3 Å². The van der Waals surface area contributed by atoms with Gasteiger partial charge in [-0.15, -0.1) is 0 Å². The van der Waals surface area contributed by atoms with E-state index in [9.17, 15) is 0 Å². The number of hydrogen-bond acceptors (Lipinski definition) is 1. The van der Waals surface area contributed by atoms with Crippen LogP contribution in [0.5, 0.6) is 0 Å². The highest BCUT2D eigenvalue weighted by atomic mass is 14.9. The topological polar surface area (TPSA) is 12.0 Å². The zero-order valence-corrected chi connectivity index (χ0v) is 10.7. The van der Waals surface area contributed by atoms with Gasteiger partial charge >= 0.3 is 0 Å². The van der Waals surface area contributed by atoms with Gasteiger partial charge < -0.3 is 5.32 Å². The number of rotatable bonds is 5. The summed E-state index contributed by atoms with van der Waals surface area (Å²) in [5, 5.41) is 3.36. The highest BCUT2D eigenvalue weighted by Crippen LogP contribution is 2.32. The van der Waals surface area contributed by atoms with Crippen LogP contribution >= 0.6 is 0 Å². The van der Waals surface area contributed by atoms with Gasteiger partial charge in [-0.25, -0.2) is 0 Å². The molecule has 0 aromatic heterocycles. The molecule has 0 aromatic carbocycles. The average Bonchev–Trinajstić information content (AvgIpc) is 2.10. The molecule has 0 unspecified atom stereocenters. The molecule has 1 N–H and O–H groups in total. The summed E-state index contributed by atoms with van der Waals surface area (Å²) in [5.74, 6) is 0. The van der Waals surface area contributed by atoms with E-state index in [0.717, 1.165) is 0 Å². The Morgan fingerprint density at radius 3 is 2.20 bits per heavy atom. The Morgan fingerprint density at radius 2 is 1.67 bits per heavy atom. The van der Waals surface area contributed by atoms with Crippen molar-refractivity contribution in [1.82, 2.24) is 5.32 Å². The van der Waals surface area contributed by atoms with Gasteiger partial charge in [0, 0.05) is 16.8 Å². The molecule has 15 heavy (non-hydrogen) atoms. The Hall–Kier alpha value is -0.720. The van der Waals surface area contributed by atoms with Crippen molar-refractivity contribution in [3.8, 4) is 0 Å². The fourth-order valence-electron chi connectivity index (χ4n) is 2.49. The summed E-state index contributed by atoms with van der Waals surface area (Å²) in [7, 11) is 0. The zero-order valence-electron chi connectivity index (χ0n) is 10.7. The second-order valence-corrected chi connectivity index (χ2v) is 5.10. The van der Waals surface area contributed by atoms with E-state index in [4.69, 9.17) is 0 Å². The van der Waals surface area contributed by atoms with E-state index in [2.05, 4.69) is 45.2 Å². The Morgan fingerprint density at radius 1 is 1.07 bits per heavy atom. The number of allylic oxidation sites excluding steroid dienone is 4. The molecule has 0 saturated heterocycles. The maximum absolute atomic E-state index is 3.36. The molecule has 0 aromatic rings. The maximum Gasteiger partial charge on any atom is 0.00850 e. The van der Waals surface area contributed by atoms with Crippen molar-refractivity contribution >= 4 is 0 Å². The second-order valence-electron chi connectivity index (χ2n) is 5.10. The fourth-order valence-corrected chi connectivity index (χ4v) is 2.49. The minimum atomic E-state index is 0.285. The molecule has 1 aliphatic heterocycles. The lowest BCUT2D eigenvalue weighted by Gasteiger charge is -2.29. The first-order valence-electron chi connectivity index (χ1n) is 6.22. The van der Waals surface area contributed by atoms with Gasteiger partial charge in [0.15, 0.2) is 0 Å². The molecule has 0 spiro atoms. The maximum atomic E-state index is 3.36. The molecule has 1 heterocycles. The predicted octanol–water partition coefficient (Wildman–Crippen LogP) is 4.37. The van der Waals surface area contributed by atoms with Gasteiger partial charge in [-0.2, -0.15) is 0 Å². The Balaban J connectivity index is 2.46. The van der Waals surface area contributed by atoms with Crippen LogP contribution in [-0.4, -0.2) is 0 Å². The molecule has 86 valence electrons. The van der Waals surface area contributed by atoms with E-state index >= 15 is 0 Å². The molecule has 0 amide bonds. The number of nitrogens with one attached hydrogen (secondary N) is 1. The zero-order chi connectivity index (χ0) is 11.3. The highest BCUT2D eigenvalue weighted by Gasteiger charge is 2.21. The lowest BCUT2D eigenvalue weighted by molar-refractivity contribution is 0.445. The van der Waals surface area contributed by atoms with E-state index in [1.807, 2.05) is 0 Å². The average molecular weight is 207 g/mol. The number of dihydropyridines is 1. The lowest BCUT2D eigenvalue weighted by atomic mass is 9.81. The monoisotopic (exact) mass is 207 g/mol. The summed E-state index contributed by atoms with van der Waals surface area (Å²) in [6.45, 7) is 8.91. The van der Waals surface area contributed by atoms with Crippen LogP contribution in [0, 0.1) is 5.41 Å². The van der Waals surface area contributed by atoms with Crippen LogP contribution in [0.1, 0.15) is 59.8 Å². The lowest BCUT2D eigenvalue weighted by Crippen LogP contribution is -2.22. The van der Waals surface area contributed by atoms with E-state index in [0.29, 0.717) is 0 Å². The van der Waals surface area contributed by atoms with Crippen LogP contribution in [0.15, 0.2) is 23.5 Å². The van der Waals surface area contributed by atoms with E-state index < -0.39 is 0 Å². The van der Waals surface area contributed by atoms with Crippen LogP contribution in [0.25, 0.3) is 0 Å². The summed E-state index contributed by atoms with van der Waals surface area (Å²) in [6.07, 6.45) is 11.4. The Kier molecular flexibility index (Phi) is 4.44. The summed E-state index contributed by atoms with van der Waals surface area (Å²) in [6, 6.07) is 0. The molecule has 1 nitrogen and oxygen atoms in total. The summed E-state index contributed by atoms with van der Waals surface area (Å²) in [4.78, 5) is 0. The Labute approximate surface area is 94.6 Å². The van der Waals surface area contributed by atoms with Gasteiger partial charge in [0.1, 0.15) is 0 Å². The van der Waals surface area contributed by atoms with Crippen LogP contribution in [-0.2, 0) is 0 Å². The van der Waals surface area contributed by atoms with Crippen LogP contribution in [0.2, 0.25) is 0 Å². The first kappa shape index (κ1) is 12.4. The molecular formula is C14H25N. The second kappa shape index (κ2) is 5.39. The first-order chi connectivity index (χ1) is 7.06. The molecule has 0 aliphatic carbocycles. The summed E-state index contributed by atoms with van der Waals surface area (Å²) >= 11 is 0. The smallest absolute Gasteiger partial charge is 0.00850 e. The van der Waals surface area contributed by atoms with Crippen molar-refractivity contribution in [2.45, 2.75) is 59.8 Å². The molecule has 0 radical (unpaired) electrons. The standard InChI is InChI=1S/C14H25N/c1-5-6-7-8-9-14(4)10-12(2)15-13(3)11-14/h10-11,15H,5-9H2,1-4H3. The van der Waals surface area contributed by atoms with Crippen LogP contribution in [0.4, 0.5) is 0 Å². The SMILES string of the molecule is CCCCCCC1(C)C=C(C)NC(C)=C1. The largest absolute Gasteiger partial charge is 0.363 e. The quantitative estimate of drug-likeness (QED) is 0.660. The number of hydrogen-bond donors (Lipinski definition) is 1. The molecule has 1 aliphatic rings. The molecule has 1 rings (SSSR count). The highest BCUT2D eigenvalue weighted by molar-refractivity contribution is 5.24. The fraction of sp³-hybridized carbons (Fsp3) is 0.714. The Bertz CT molecular complexity index is 243. The van der Waals surface area contributed by atoms with E-state index in [1.54, 1.807) is 0 Å². The minimum Gasteiger partial charge on any atom is -0.363 e. The van der Waals surface area contributed by atoms with Gasteiger partial charge in [0.2, 0.25) is 0 Å². The molecule has 0 fully saturated rings.